The summed E-state index contributed by atoms with van der Waals surface area (Å²) in [6.45, 7) is 3.82. The van der Waals surface area contributed by atoms with Crippen molar-refractivity contribution in [1.82, 2.24) is 5.32 Å². The number of carbonyl (C=O) groups excluding carboxylic acids is 3. The highest BCUT2D eigenvalue weighted by Crippen LogP contribution is 2.25. The molecule has 1 aromatic heterocycles. The van der Waals surface area contributed by atoms with Crippen LogP contribution in [0.3, 0.4) is 0 Å². The normalized spacial score (nSPS) is 10.6. The minimum absolute atomic E-state index is 0.0509. The van der Waals surface area contributed by atoms with E-state index in [0.717, 1.165) is 5.56 Å². The lowest BCUT2D eigenvalue weighted by Crippen LogP contribution is -2.31. The van der Waals surface area contributed by atoms with Gasteiger partial charge in [-0.25, -0.2) is 0 Å². The second kappa shape index (κ2) is 10.2. The van der Waals surface area contributed by atoms with Crippen molar-refractivity contribution in [2.75, 3.05) is 10.6 Å². The van der Waals surface area contributed by atoms with Crippen molar-refractivity contribution < 1.29 is 14.4 Å². The molecule has 0 aliphatic carbocycles. The van der Waals surface area contributed by atoms with E-state index < -0.39 is 0 Å². The first-order valence-corrected chi connectivity index (χ1v) is 10.9. The molecule has 2 aromatic carbocycles. The van der Waals surface area contributed by atoms with Gasteiger partial charge in [0.05, 0.1) is 22.0 Å². The molecule has 3 N–H and O–H groups in total. The summed E-state index contributed by atoms with van der Waals surface area (Å²) < 4.78 is 0. The lowest BCUT2D eigenvalue weighted by molar-refractivity contribution is -0.120. The Morgan fingerprint density at radius 1 is 0.968 bits per heavy atom. The maximum atomic E-state index is 12.6. The molecule has 6 nitrogen and oxygen atoms in total. The second-order valence-corrected chi connectivity index (χ2v) is 8.53. The maximum Gasteiger partial charge on any atom is 0.265 e. The van der Waals surface area contributed by atoms with Gasteiger partial charge in [0.15, 0.2) is 0 Å². The molecule has 0 bridgehead atoms. The molecule has 3 rings (SSSR count). The maximum absolute atomic E-state index is 12.6. The van der Waals surface area contributed by atoms with Crippen molar-refractivity contribution in [2.24, 2.45) is 0 Å². The van der Waals surface area contributed by atoms with Crippen LogP contribution in [-0.2, 0) is 11.2 Å². The quantitative estimate of drug-likeness (QED) is 0.469. The Morgan fingerprint density at radius 2 is 1.71 bits per heavy atom. The monoisotopic (exact) mass is 455 g/mol. The third kappa shape index (κ3) is 6.41. The van der Waals surface area contributed by atoms with Crippen LogP contribution in [0.4, 0.5) is 11.4 Å². The van der Waals surface area contributed by atoms with Gasteiger partial charge in [0.25, 0.3) is 11.8 Å². The Morgan fingerprint density at radius 3 is 2.35 bits per heavy atom. The number of carbonyl (C=O) groups is 3. The molecule has 0 aliphatic heterocycles. The lowest BCUT2D eigenvalue weighted by atomic mass is 10.1. The van der Waals surface area contributed by atoms with Gasteiger partial charge in [0, 0.05) is 17.3 Å². The van der Waals surface area contributed by atoms with Crippen molar-refractivity contribution in [1.29, 1.82) is 0 Å². The summed E-state index contributed by atoms with van der Waals surface area (Å²) in [5, 5.41) is 10.5. The van der Waals surface area contributed by atoms with E-state index >= 15 is 0 Å². The Labute approximate surface area is 189 Å². The van der Waals surface area contributed by atoms with Gasteiger partial charge in [-0.15, -0.1) is 11.3 Å². The van der Waals surface area contributed by atoms with Gasteiger partial charge in [0.2, 0.25) is 5.91 Å². The van der Waals surface area contributed by atoms with Crippen LogP contribution in [0.2, 0.25) is 5.02 Å². The van der Waals surface area contributed by atoms with Gasteiger partial charge < -0.3 is 16.0 Å². The predicted octanol–water partition coefficient (Wildman–Crippen LogP) is 4.97. The second-order valence-electron chi connectivity index (χ2n) is 7.18. The smallest absolute Gasteiger partial charge is 0.265 e. The molecule has 160 valence electrons. The highest BCUT2D eigenvalue weighted by molar-refractivity contribution is 7.12. The number of amides is 3. The van der Waals surface area contributed by atoms with Gasteiger partial charge >= 0.3 is 0 Å². The van der Waals surface area contributed by atoms with Gasteiger partial charge in [-0.3, -0.25) is 14.4 Å². The lowest BCUT2D eigenvalue weighted by Gasteiger charge is -2.11. The predicted molar refractivity (Wildman–Crippen MR) is 125 cm³/mol. The molecule has 3 amide bonds. The third-order valence-corrected chi connectivity index (χ3v) is 5.45. The molecule has 0 radical (unpaired) electrons. The van der Waals surface area contributed by atoms with Crippen molar-refractivity contribution in [3.63, 3.8) is 0 Å². The van der Waals surface area contributed by atoms with E-state index in [0.29, 0.717) is 26.8 Å². The molecular formula is C23H22ClN3O3S. The molecule has 0 saturated heterocycles. The molecule has 8 heteroatoms. The Hall–Kier alpha value is -3.16. The van der Waals surface area contributed by atoms with Crippen LogP contribution in [0.5, 0.6) is 0 Å². The summed E-state index contributed by atoms with van der Waals surface area (Å²) in [5.41, 5.74) is 2.16. The van der Waals surface area contributed by atoms with E-state index in [-0.39, 0.29) is 30.2 Å². The van der Waals surface area contributed by atoms with E-state index in [2.05, 4.69) is 16.0 Å². The Kier molecular flexibility index (Phi) is 7.44. The number of hydrogen-bond acceptors (Lipinski definition) is 4. The number of benzene rings is 2. The van der Waals surface area contributed by atoms with Crippen LogP contribution in [0.25, 0.3) is 0 Å². The van der Waals surface area contributed by atoms with Gasteiger partial charge in [-0.05, 0) is 61.2 Å². The van der Waals surface area contributed by atoms with Crippen molar-refractivity contribution in [3.8, 4) is 0 Å². The van der Waals surface area contributed by atoms with Crippen molar-refractivity contribution in [3.05, 3.63) is 81.0 Å². The van der Waals surface area contributed by atoms with Crippen molar-refractivity contribution >= 4 is 52.0 Å². The van der Waals surface area contributed by atoms with Gasteiger partial charge in [-0.1, -0.05) is 29.8 Å². The largest absolute Gasteiger partial charge is 0.354 e. The average Bonchev–Trinajstić information content (AvgIpc) is 3.25. The summed E-state index contributed by atoms with van der Waals surface area (Å²) in [4.78, 5) is 37.3. The summed E-state index contributed by atoms with van der Waals surface area (Å²) in [6.07, 6.45) is 0.275. The van der Waals surface area contributed by atoms with Crippen LogP contribution < -0.4 is 16.0 Å². The topological polar surface area (TPSA) is 87.3 Å². The molecule has 3 aromatic rings. The fourth-order valence-corrected chi connectivity index (χ4v) is 3.61. The number of nitrogens with one attached hydrogen (secondary N) is 3. The zero-order chi connectivity index (χ0) is 22.4. The summed E-state index contributed by atoms with van der Waals surface area (Å²) in [7, 11) is 0. The third-order valence-electron chi connectivity index (χ3n) is 4.25. The van der Waals surface area contributed by atoms with Gasteiger partial charge in [0.1, 0.15) is 0 Å². The minimum atomic E-state index is -0.339. The first-order chi connectivity index (χ1) is 14.8. The van der Waals surface area contributed by atoms with E-state index in [1.54, 1.807) is 48.5 Å². The molecule has 1 heterocycles. The molecular weight excluding hydrogens is 434 g/mol. The number of hydrogen-bond donors (Lipinski definition) is 3. The fourth-order valence-electron chi connectivity index (χ4n) is 2.82. The number of rotatable bonds is 7. The Bertz CT molecular complexity index is 1080. The van der Waals surface area contributed by atoms with Gasteiger partial charge in [-0.2, -0.15) is 0 Å². The van der Waals surface area contributed by atoms with Crippen LogP contribution in [-0.4, -0.2) is 23.8 Å². The molecule has 0 aliphatic rings. The Balaban J connectivity index is 1.65. The minimum Gasteiger partial charge on any atom is -0.354 e. The molecule has 31 heavy (non-hydrogen) atoms. The molecule has 0 saturated carbocycles. The van der Waals surface area contributed by atoms with E-state index in [9.17, 15) is 14.4 Å². The molecule has 0 spiro atoms. The zero-order valence-corrected chi connectivity index (χ0v) is 18.6. The molecule has 0 atom stereocenters. The highest BCUT2D eigenvalue weighted by Gasteiger charge is 2.13. The first kappa shape index (κ1) is 22.5. The van der Waals surface area contributed by atoms with Crippen LogP contribution in [0.15, 0.2) is 60.0 Å². The number of halogens is 1. The summed E-state index contributed by atoms with van der Waals surface area (Å²) >= 11 is 7.50. The van der Waals surface area contributed by atoms with E-state index in [1.165, 1.54) is 17.4 Å². The number of anilines is 2. The zero-order valence-electron chi connectivity index (χ0n) is 17.1. The standard InChI is InChI=1S/C23H22ClN3O3S/c1-14(2)25-21(28)12-15-5-8-17(9-6-15)26-22(29)16-7-10-18(24)19(13-16)27-23(30)20-4-3-11-31-20/h3-11,13-14H,12H2,1-2H3,(H,25,28)(H,26,29)(H,27,30). The van der Waals surface area contributed by atoms with Crippen LogP contribution in [0.1, 0.15) is 39.4 Å². The fraction of sp³-hybridized carbons (Fsp3) is 0.174. The highest BCUT2D eigenvalue weighted by atomic mass is 35.5. The number of thiophene rings is 1. The molecule has 0 unspecified atom stereocenters. The molecule has 0 fully saturated rings. The van der Waals surface area contributed by atoms with Crippen molar-refractivity contribution in [2.45, 2.75) is 26.3 Å². The summed E-state index contributed by atoms with van der Waals surface area (Å²) in [5.74, 6) is -0.676. The SMILES string of the molecule is CC(C)NC(=O)Cc1ccc(NC(=O)c2ccc(Cl)c(NC(=O)c3cccs3)c2)cc1. The van der Waals surface area contributed by atoms with Crippen LogP contribution >= 0.6 is 22.9 Å². The summed E-state index contributed by atoms with van der Waals surface area (Å²) in [6, 6.07) is 15.3. The first-order valence-electron chi connectivity index (χ1n) is 9.66. The van der Waals surface area contributed by atoms with E-state index in [4.69, 9.17) is 11.6 Å². The van der Waals surface area contributed by atoms with Crippen LogP contribution in [0, 0.1) is 0 Å². The average molecular weight is 456 g/mol. The van der Waals surface area contributed by atoms with E-state index in [1.807, 2.05) is 19.2 Å².